The number of carbonyl (C=O) groups excluding carboxylic acids is 1. The number of carbonyl (C=O) groups is 1. The Balaban J connectivity index is 1.41. The van der Waals surface area contributed by atoms with Crippen LogP contribution in [0.3, 0.4) is 0 Å². The second-order valence-corrected chi connectivity index (χ2v) is 10.0. The summed E-state index contributed by atoms with van der Waals surface area (Å²) < 4.78 is 8.01. The van der Waals surface area contributed by atoms with Gasteiger partial charge in [0.1, 0.15) is 11.6 Å². The van der Waals surface area contributed by atoms with Gasteiger partial charge in [0.25, 0.3) is 0 Å². The van der Waals surface area contributed by atoms with Gasteiger partial charge in [-0.25, -0.2) is 4.68 Å². The molecule has 0 fully saturated rings. The summed E-state index contributed by atoms with van der Waals surface area (Å²) in [5.74, 6) is 1.99. The topological polar surface area (TPSA) is 56.1 Å². The minimum absolute atomic E-state index is 0.117. The number of hydrogen-bond acceptors (Lipinski definition) is 4. The molecular weight excluding hydrogens is 446 g/mol. The molecule has 2 aliphatic rings. The fourth-order valence-corrected chi connectivity index (χ4v) is 5.54. The molecule has 0 amide bonds. The van der Waals surface area contributed by atoms with Crippen LogP contribution in [0.25, 0.3) is 5.69 Å². The summed E-state index contributed by atoms with van der Waals surface area (Å²) in [6.07, 6.45) is 9.90. The number of aromatic nitrogens is 2. The molecule has 188 valence electrons. The van der Waals surface area contributed by atoms with Gasteiger partial charge in [0.05, 0.1) is 18.0 Å². The Bertz CT molecular complexity index is 1220. The zero-order chi connectivity index (χ0) is 24.9. The summed E-state index contributed by atoms with van der Waals surface area (Å²) in [5, 5.41) is 8.52. The molecule has 1 aromatic heterocycles. The molecule has 1 unspecified atom stereocenters. The van der Waals surface area contributed by atoms with Crippen molar-refractivity contribution >= 4 is 11.6 Å². The quantitative estimate of drug-likeness (QED) is 0.304. The maximum Gasteiger partial charge on any atom is 0.161 e. The predicted octanol–water partition coefficient (Wildman–Crippen LogP) is 7.48. The van der Waals surface area contributed by atoms with Crippen molar-refractivity contribution in [2.24, 2.45) is 0 Å². The van der Waals surface area contributed by atoms with Gasteiger partial charge < -0.3 is 10.1 Å². The largest absolute Gasteiger partial charge is 0.494 e. The highest BCUT2D eigenvalue weighted by Crippen LogP contribution is 2.47. The molecule has 0 saturated heterocycles. The molecule has 5 nitrogen and oxygen atoms in total. The van der Waals surface area contributed by atoms with Gasteiger partial charge in [0.2, 0.25) is 0 Å². The lowest BCUT2D eigenvalue weighted by Gasteiger charge is -2.33. The number of hydrogen-bond donors (Lipinski definition) is 1. The zero-order valence-electron chi connectivity index (χ0n) is 21.6. The number of anilines is 1. The molecule has 36 heavy (non-hydrogen) atoms. The highest BCUT2D eigenvalue weighted by Gasteiger charge is 2.38. The maximum atomic E-state index is 13.2. The van der Waals surface area contributed by atoms with Crippen molar-refractivity contribution in [3.63, 3.8) is 0 Å². The van der Waals surface area contributed by atoms with Gasteiger partial charge in [0, 0.05) is 29.2 Å². The molecule has 1 atom stereocenters. The molecule has 1 aliphatic carbocycles. The summed E-state index contributed by atoms with van der Waals surface area (Å²) >= 11 is 0. The molecule has 0 bridgehead atoms. The molecule has 0 spiro atoms. The highest BCUT2D eigenvalue weighted by atomic mass is 16.5. The van der Waals surface area contributed by atoms with Crippen molar-refractivity contribution < 1.29 is 9.53 Å². The molecule has 0 radical (unpaired) electrons. The third kappa shape index (κ3) is 4.97. The van der Waals surface area contributed by atoms with E-state index < -0.39 is 0 Å². The smallest absolute Gasteiger partial charge is 0.161 e. The van der Waals surface area contributed by atoms with Crippen LogP contribution in [0.4, 0.5) is 5.82 Å². The minimum Gasteiger partial charge on any atom is -0.494 e. The minimum atomic E-state index is -0.117. The van der Waals surface area contributed by atoms with E-state index in [-0.39, 0.29) is 11.7 Å². The first-order valence-corrected chi connectivity index (χ1v) is 13.6. The van der Waals surface area contributed by atoms with Gasteiger partial charge in [-0.3, -0.25) is 4.79 Å². The Labute approximate surface area is 214 Å². The van der Waals surface area contributed by atoms with Crippen LogP contribution in [0.2, 0.25) is 0 Å². The highest BCUT2D eigenvalue weighted by molar-refractivity contribution is 6.01. The first-order valence-electron chi connectivity index (χ1n) is 13.6. The van der Waals surface area contributed by atoms with E-state index in [1.54, 1.807) is 0 Å². The Morgan fingerprint density at radius 2 is 1.72 bits per heavy atom. The lowest BCUT2D eigenvalue weighted by atomic mass is 9.76. The van der Waals surface area contributed by atoms with E-state index >= 15 is 0 Å². The lowest BCUT2D eigenvalue weighted by Crippen LogP contribution is -2.27. The van der Waals surface area contributed by atoms with E-state index in [1.165, 1.54) is 32.1 Å². The second-order valence-electron chi connectivity index (χ2n) is 10.0. The molecule has 1 N–H and O–H groups in total. The van der Waals surface area contributed by atoms with E-state index in [2.05, 4.69) is 48.6 Å². The van der Waals surface area contributed by atoms with Crippen molar-refractivity contribution in [1.82, 2.24) is 9.78 Å². The van der Waals surface area contributed by atoms with Crippen molar-refractivity contribution in [2.75, 3.05) is 11.9 Å². The number of fused-ring (bicyclic) bond motifs is 1. The first-order chi connectivity index (χ1) is 17.7. The molecule has 2 heterocycles. The first kappa shape index (κ1) is 24.4. The van der Waals surface area contributed by atoms with Gasteiger partial charge in [-0.1, -0.05) is 69.4 Å². The third-order valence-corrected chi connectivity index (χ3v) is 7.39. The summed E-state index contributed by atoms with van der Waals surface area (Å²) in [5.41, 5.74) is 6.11. The van der Waals surface area contributed by atoms with Crippen LogP contribution >= 0.6 is 0 Å². The monoisotopic (exact) mass is 483 g/mol. The van der Waals surface area contributed by atoms with E-state index in [4.69, 9.17) is 9.84 Å². The van der Waals surface area contributed by atoms with E-state index in [9.17, 15) is 4.79 Å². The molecule has 5 heteroatoms. The molecule has 2 aromatic carbocycles. The van der Waals surface area contributed by atoms with Crippen molar-refractivity contribution in [3.8, 4) is 11.4 Å². The fraction of sp³-hybridized carbons (Fsp3) is 0.419. The summed E-state index contributed by atoms with van der Waals surface area (Å²) in [4.78, 5) is 13.2. The number of aryl methyl sites for hydroxylation is 1. The van der Waals surface area contributed by atoms with Crippen molar-refractivity contribution in [3.05, 3.63) is 82.7 Å². The van der Waals surface area contributed by atoms with Crippen LogP contribution in [-0.4, -0.2) is 22.2 Å². The fourth-order valence-electron chi connectivity index (χ4n) is 5.54. The number of ketones is 1. The van der Waals surface area contributed by atoms with E-state index in [0.717, 1.165) is 71.2 Å². The van der Waals surface area contributed by atoms with Crippen LogP contribution in [0.5, 0.6) is 5.75 Å². The third-order valence-electron chi connectivity index (χ3n) is 7.39. The number of para-hydroxylation sites is 1. The molecule has 0 saturated carbocycles. The zero-order valence-corrected chi connectivity index (χ0v) is 21.6. The average molecular weight is 484 g/mol. The van der Waals surface area contributed by atoms with E-state index in [1.807, 2.05) is 29.8 Å². The Morgan fingerprint density at radius 1 is 0.972 bits per heavy atom. The summed E-state index contributed by atoms with van der Waals surface area (Å²) in [6.45, 7) is 5.04. The van der Waals surface area contributed by atoms with E-state index in [0.29, 0.717) is 6.42 Å². The lowest BCUT2D eigenvalue weighted by molar-refractivity contribution is -0.116. The maximum absolute atomic E-state index is 13.2. The number of benzene rings is 2. The summed E-state index contributed by atoms with van der Waals surface area (Å²) in [6, 6.07) is 18.6. The Hall–Kier alpha value is -3.34. The van der Waals surface area contributed by atoms with Gasteiger partial charge in [0.15, 0.2) is 5.78 Å². The second kappa shape index (κ2) is 11.2. The number of rotatable bonds is 10. The van der Waals surface area contributed by atoms with Crippen LogP contribution in [-0.2, 0) is 4.79 Å². The van der Waals surface area contributed by atoms with Gasteiger partial charge >= 0.3 is 0 Å². The van der Waals surface area contributed by atoms with Gasteiger partial charge in [-0.2, -0.15) is 5.10 Å². The number of unbranched alkanes of at least 4 members (excludes halogenated alkanes) is 5. The number of nitrogens with one attached hydrogen (secondary N) is 1. The summed E-state index contributed by atoms with van der Waals surface area (Å²) in [7, 11) is 0. The van der Waals surface area contributed by atoms with Crippen LogP contribution in [0.15, 0.2) is 65.9 Å². The number of ether oxygens (including phenoxy) is 1. The Kier molecular flexibility index (Phi) is 7.55. The number of nitrogens with zero attached hydrogens (tertiary/aromatic N) is 2. The molecular formula is C31H37N3O2. The molecule has 1 aliphatic heterocycles. The number of Topliss-reactive ketones (excluding diaryl/α,β-unsaturated/α-hetero) is 1. The number of allylic oxidation sites excluding steroid dienone is 2. The SMILES string of the molecule is CCCCCCCCOc1ccc(C2C3=C(CCCC3=O)Nc3c2c(C)nn3-c2ccccc2)cc1. The van der Waals surface area contributed by atoms with Gasteiger partial charge in [-0.05, 0) is 56.0 Å². The standard InChI is InChI=1S/C31H37N3O2/c1-3-4-5-6-7-11-21-36-25-19-17-23(18-20-25)29-28-22(2)33-34(24-13-9-8-10-14-24)31(28)32-26-15-12-16-27(35)30(26)29/h8-10,13-14,17-20,29,32H,3-7,11-12,15-16,21H2,1-2H3. The van der Waals surface area contributed by atoms with Crippen molar-refractivity contribution in [1.29, 1.82) is 0 Å². The van der Waals surface area contributed by atoms with Crippen LogP contribution in [0.1, 0.15) is 87.4 Å². The van der Waals surface area contributed by atoms with Crippen molar-refractivity contribution in [2.45, 2.75) is 77.6 Å². The average Bonchev–Trinajstić information content (AvgIpc) is 3.24. The molecule has 5 rings (SSSR count). The van der Waals surface area contributed by atoms with Crippen LogP contribution in [0, 0.1) is 6.92 Å². The molecule has 3 aromatic rings. The predicted molar refractivity (Wildman–Crippen MR) is 145 cm³/mol. The van der Waals surface area contributed by atoms with Crippen LogP contribution < -0.4 is 10.1 Å². The normalized spacial score (nSPS) is 16.9. The Morgan fingerprint density at radius 3 is 2.50 bits per heavy atom. The van der Waals surface area contributed by atoms with Gasteiger partial charge in [-0.15, -0.1) is 0 Å².